The second-order valence-corrected chi connectivity index (χ2v) is 5.24. The van der Waals surface area contributed by atoms with Gasteiger partial charge in [-0.25, -0.2) is 4.68 Å². The van der Waals surface area contributed by atoms with Crippen LogP contribution in [0.15, 0.2) is 6.20 Å². The van der Waals surface area contributed by atoms with Crippen molar-refractivity contribution in [1.82, 2.24) is 25.2 Å². The molecule has 0 aromatic carbocycles. The number of carbonyl (C=O) groups is 2. The maximum atomic E-state index is 12.2. The van der Waals surface area contributed by atoms with E-state index in [4.69, 9.17) is 5.73 Å². The van der Waals surface area contributed by atoms with Crippen LogP contribution >= 0.6 is 12.4 Å². The Morgan fingerprint density at radius 1 is 1.36 bits per heavy atom. The Hall–Kier alpha value is -1.67. The van der Waals surface area contributed by atoms with Crippen molar-refractivity contribution in [1.29, 1.82) is 0 Å². The first-order valence-electron chi connectivity index (χ1n) is 7.00. The molecular formula is C13H25ClN6O2. The summed E-state index contributed by atoms with van der Waals surface area (Å²) in [6, 6.07) is 0. The topological polar surface area (TPSA) is 106 Å². The van der Waals surface area contributed by atoms with E-state index in [1.54, 1.807) is 14.1 Å². The first kappa shape index (κ1) is 20.3. The van der Waals surface area contributed by atoms with E-state index in [-0.39, 0.29) is 36.5 Å². The van der Waals surface area contributed by atoms with Gasteiger partial charge in [-0.2, -0.15) is 0 Å². The number of nitrogens with zero attached hydrogens (tertiary/aromatic N) is 4. The van der Waals surface area contributed by atoms with Crippen molar-refractivity contribution < 1.29 is 9.59 Å². The lowest BCUT2D eigenvalue weighted by molar-refractivity contribution is -0.129. The molecule has 0 radical (unpaired) electrons. The molecule has 0 aliphatic rings. The molecule has 0 saturated heterocycles. The zero-order valence-corrected chi connectivity index (χ0v) is 14.3. The Bertz CT molecular complexity index is 490. The molecule has 0 aliphatic heterocycles. The zero-order chi connectivity index (χ0) is 16.0. The molecule has 0 spiro atoms. The van der Waals surface area contributed by atoms with Gasteiger partial charge in [0.15, 0.2) is 5.69 Å². The van der Waals surface area contributed by atoms with E-state index in [0.29, 0.717) is 6.54 Å². The van der Waals surface area contributed by atoms with E-state index in [2.05, 4.69) is 15.6 Å². The summed E-state index contributed by atoms with van der Waals surface area (Å²) in [5.41, 5.74) is 5.50. The van der Waals surface area contributed by atoms with Crippen LogP contribution in [-0.4, -0.2) is 57.9 Å². The Morgan fingerprint density at radius 2 is 1.95 bits per heavy atom. The molecule has 0 unspecified atom stereocenters. The molecule has 1 heterocycles. The molecule has 22 heavy (non-hydrogen) atoms. The van der Waals surface area contributed by atoms with Crippen LogP contribution in [-0.2, 0) is 11.3 Å². The molecule has 0 fully saturated rings. The summed E-state index contributed by atoms with van der Waals surface area (Å²) in [5, 5.41) is 10.5. The lowest BCUT2D eigenvalue weighted by Crippen LogP contribution is -2.53. The summed E-state index contributed by atoms with van der Waals surface area (Å²) in [6.07, 6.45) is 2.93. The van der Waals surface area contributed by atoms with Gasteiger partial charge < -0.3 is 16.0 Å². The van der Waals surface area contributed by atoms with E-state index in [9.17, 15) is 9.59 Å². The third-order valence-corrected chi connectivity index (χ3v) is 3.69. The van der Waals surface area contributed by atoms with Gasteiger partial charge in [-0.1, -0.05) is 19.1 Å². The van der Waals surface area contributed by atoms with Crippen LogP contribution in [0.2, 0.25) is 0 Å². The predicted molar refractivity (Wildman–Crippen MR) is 85.8 cm³/mol. The number of halogens is 1. The minimum atomic E-state index is -0.430. The zero-order valence-electron chi connectivity index (χ0n) is 13.5. The fourth-order valence-corrected chi connectivity index (χ4v) is 1.83. The monoisotopic (exact) mass is 332 g/mol. The normalized spacial score (nSPS) is 10.8. The average molecular weight is 333 g/mol. The molecule has 1 aromatic rings. The largest absolute Gasteiger partial charge is 0.347 e. The van der Waals surface area contributed by atoms with Crippen molar-refractivity contribution in [2.45, 2.75) is 38.8 Å². The number of rotatable bonds is 7. The Kier molecular flexibility index (Phi) is 8.04. The van der Waals surface area contributed by atoms with Gasteiger partial charge in [-0.3, -0.25) is 9.59 Å². The van der Waals surface area contributed by atoms with Gasteiger partial charge >= 0.3 is 0 Å². The molecule has 9 heteroatoms. The lowest BCUT2D eigenvalue weighted by Gasteiger charge is -2.30. The first-order chi connectivity index (χ1) is 9.87. The number of hydrogen-bond donors (Lipinski definition) is 2. The number of nitrogens with two attached hydrogens (primary N) is 1. The molecule has 126 valence electrons. The maximum absolute atomic E-state index is 12.2. The first-order valence-corrected chi connectivity index (χ1v) is 7.00. The summed E-state index contributed by atoms with van der Waals surface area (Å²) in [7, 11) is 3.32. The van der Waals surface area contributed by atoms with E-state index < -0.39 is 5.54 Å². The van der Waals surface area contributed by atoms with Gasteiger partial charge in [-0.05, 0) is 12.8 Å². The highest BCUT2D eigenvalue weighted by Crippen LogP contribution is 2.13. The van der Waals surface area contributed by atoms with Crippen molar-refractivity contribution in [2.24, 2.45) is 5.73 Å². The third-order valence-electron chi connectivity index (χ3n) is 3.69. The summed E-state index contributed by atoms with van der Waals surface area (Å²) < 4.78 is 1.35. The second-order valence-electron chi connectivity index (χ2n) is 5.24. The highest BCUT2D eigenvalue weighted by Gasteiger charge is 2.27. The molecule has 0 bridgehead atoms. The highest BCUT2D eigenvalue weighted by atomic mass is 35.5. The predicted octanol–water partition coefficient (Wildman–Crippen LogP) is 0.0354. The van der Waals surface area contributed by atoms with Crippen molar-refractivity contribution >= 4 is 24.2 Å². The lowest BCUT2D eigenvalue weighted by atomic mass is 9.93. The Morgan fingerprint density at radius 3 is 2.41 bits per heavy atom. The molecule has 1 aromatic heterocycles. The van der Waals surface area contributed by atoms with Gasteiger partial charge in [0.05, 0.1) is 11.7 Å². The van der Waals surface area contributed by atoms with Gasteiger partial charge in [0.25, 0.3) is 5.91 Å². The highest BCUT2D eigenvalue weighted by molar-refractivity contribution is 5.92. The number of nitrogens with one attached hydrogen (secondary N) is 1. The molecular weight excluding hydrogens is 308 g/mol. The molecule has 0 saturated carbocycles. The van der Waals surface area contributed by atoms with Crippen LogP contribution in [0, 0.1) is 0 Å². The quantitative estimate of drug-likeness (QED) is 0.733. The van der Waals surface area contributed by atoms with Gasteiger partial charge in [-0.15, -0.1) is 17.5 Å². The molecule has 2 amide bonds. The van der Waals surface area contributed by atoms with Crippen LogP contribution in [0.1, 0.15) is 37.2 Å². The van der Waals surface area contributed by atoms with Gasteiger partial charge in [0.2, 0.25) is 5.91 Å². The molecule has 0 atom stereocenters. The fourth-order valence-electron chi connectivity index (χ4n) is 1.83. The van der Waals surface area contributed by atoms with Crippen molar-refractivity contribution in [2.75, 3.05) is 20.6 Å². The number of carbonyl (C=O) groups excluding carboxylic acids is 2. The van der Waals surface area contributed by atoms with Crippen molar-refractivity contribution in [3.63, 3.8) is 0 Å². The van der Waals surface area contributed by atoms with Gasteiger partial charge in [0.1, 0.15) is 6.54 Å². The Labute approximate surface area is 136 Å². The van der Waals surface area contributed by atoms with Crippen LogP contribution in [0.4, 0.5) is 0 Å². The molecule has 3 N–H and O–H groups in total. The second kappa shape index (κ2) is 8.70. The van der Waals surface area contributed by atoms with E-state index in [1.807, 2.05) is 13.8 Å². The summed E-state index contributed by atoms with van der Waals surface area (Å²) in [6.45, 7) is 4.36. The van der Waals surface area contributed by atoms with Crippen LogP contribution in [0.3, 0.4) is 0 Å². The minimum Gasteiger partial charge on any atom is -0.347 e. The van der Waals surface area contributed by atoms with Crippen LogP contribution in [0.5, 0.6) is 0 Å². The van der Waals surface area contributed by atoms with Crippen LogP contribution in [0.25, 0.3) is 0 Å². The van der Waals surface area contributed by atoms with Crippen molar-refractivity contribution in [3.05, 3.63) is 11.9 Å². The summed E-state index contributed by atoms with van der Waals surface area (Å²) >= 11 is 0. The third kappa shape index (κ3) is 4.96. The smallest absolute Gasteiger partial charge is 0.273 e. The van der Waals surface area contributed by atoms with E-state index >= 15 is 0 Å². The minimum absolute atomic E-state index is 0. The van der Waals surface area contributed by atoms with E-state index in [1.165, 1.54) is 15.8 Å². The number of amides is 2. The number of hydrogen-bond acceptors (Lipinski definition) is 5. The maximum Gasteiger partial charge on any atom is 0.273 e. The standard InChI is InChI=1S/C13H24N6O2.ClH/c1-5-13(6-2,9-14)15-12(21)10-7-19(17-16-10)8-11(20)18(3)4;/h7H,5-6,8-9,14H2,1-4H3,(H,15,21);1H. The average Bonchev–Trinajstić information content (AvgIpc) is 2.93. The Balaban J connectivity index is 0.00000441. The van der Waals surface area contributed by atoms with Crippen LogP contribution < -0.4 is 11.1 Å². The summed E-state index contributed by atoms with van der Waals surface area (Å²) in [5.74, 6) is -0.446. The fraction of sp³-hybridized carbons (Fsp3) is 0.692. The SMILES string of the molecule is CCC(CC)(CN)NC(=O)c1cn(CC(=O)N(C)C)nn1.Cl. The molecule has 0 aliphatic carbocycles. The van der Waals surface area contributed by atoms with E-state index in [0.717, 1.165) is 12.8 Å². The number of aromatic nitrogens is 3. The van der Waals surface area contributed by atoms with Gasteiger partial charge in [0, 0.05) is 20.6 Å². The molecule has 8 nitrogen and oxygen atoms in total. The van der Waals surface area contributed by atoms with Crippen molar-refractivity contribution in [3.8, 4) is 0 Å². The summed E-state index contributed by atoms with van der Waals surface area (Å²) in [4.78, 5) is 25.2. The molecule has 1 rings (SSSR count). The number of likely N-dealkylation sites (N-methyl/N-ethyl adjacent to an activating group) is 1.